The second-order valence-corrected chi connectivity index (χ2v) is 7.27. The number of hydrogen-bond acceptors (Lipinski definition) is 2. The zero-order valence-electron chi connectivity index (χ0n) is 13.0. The summed E-state index contributed by atoms with van der Waals surface area (Å²) in [5, 5.41) is 3.63. The molecule has 2 heterocycles. The monoisotopic (exact) mass is 320 g/mol. The second kappa shape index (κ2) is 5.58. The van der Waals surface area contributed by atoms with Gasteiger partial charge in [-0.05, 0) is 25.0 Å². The van der Waals surface area contributed by atoms with Crippen LogP contribution < -0.4 is 10.2 Å². The first kappa shape index (κ1) is 15.3. The Morgan fingerprint density at radius 2 is 2.23 bits per heavy atom. The van der Waals surface area contributed by atoms with E-state index in [0.717, 1.165) is 24.1 Å². The van der Waals surface area contributed by atoms with Gasteiger partial charge in [-0.2, -0.15) is 0 Å². The van der Waals surface area contributed by atoms with Crippen molar-refractivity contribution < 1.29 is 9.59 Å². The molecule has 2 amide bonds. The van der Waals surface area contributed by atoms with Crippen LogP contribution in [0.3, 0.4) is 0 Å². The summed E-state index contributed by atoms with van der Waals surface area (Å²) in [6, 6.07) is 5.66. The van der Waals surface area contributed by atoms with Crippen LogP contribution in [0.25, 0.3) is 0 Å². The van der Waals surface area contributed by atoms with Gasteiger partial charge in [-0.15, -0.1) is 0 Å². The summed E-state index contributed by atoms with van der Waals surface area (Å²) in [5.74, 6) is 0.107. The number of hydrogen-bond donors (Lipinski definition) is 1. The maximum Gasteiger partial charge on any atom is 0.229 e. The Balaban J connectivity index is 1.80. The number of benzene rings is 1. The van der Waals surface area contributed by atoms with Gasteiger partial charge < -0.3 is 10.2 Å². The zero-order valence-corrected chi connectivity index (χ0v) is 13.7. The molecule has 1 saturated heterocycles. The first-order chi connectivity index (χ1) is 10.4. The Morgan fingerprint density at radius 3 is 2.95 bits per heavy atom. The SMILES string of the molecule is CC1(C)CN(C(=O)CC2CCCC(=O)N2)c2cccc(Cl)c21. The van der Waals surface area contributed by atoms with E-state index in [1.54, 1.807) is 0 Å². The van der Waals surface area contributed by atoms with Gasteiger partial charge in [-0.25, -0.2) is 0 Å². The van der Waals surface area contributed by atoms with Crippen molar-refractivity contribution in [2.75, 3.05) is 11.4 Å². The predicted octanol–water partition coefficient (Wildman–Crippen LogP) is 3.02. The molecule has 1 aromatic rings. The highest BCUT2D eigenvalue weighted by Gasteiger charge is 2.40. The molecule has 1 unspecified atom stereocenters. The summed E-state index contributed by atoms with van der Waals surface area (Å²) in [6.45, 7) is 4.84. The normalized spacial score (nSPS) is 23.1. The third-order valence-electron chi connectivity index (χ3n) is 4.56. The van der Waals surface area contributed by atoms with Gasteiger partial charge in [0.25, 0.3) is 0 Å². The van der Waals surface area contributed by atoms with Gasteiger partial charge in [0.15, 0.2) is 0 Å². The largest absolute Gasteiger partial charge is 0.353 e. The summed E-state index contributed by atoms with van der Waals surface area (Å²) in [5.41, 5.74) is 1.79. The first-order valence-electron chi connectivity index (χ1n) is 7.77. The smallest absolute Gasteiger partial charge is 0.229 e. The minimum Gasteiger partial charge on any atom is -0.353 e. The lowest BCUT2D eigenvalue weighted by Crippen LogP contribution is -2.43. The standard InChI is InChI=1S/C17H21ClN2O2/c1-17(2)10-20(13-7-4-6-12(18)16(13)17)15(22)9-11-5-3-8-14(21)19-11/h4,6-7,11H,3,5,8-10H2,1-2H3,(H,19,21). The highest BCUT2D eigenvalue weighted by atomic mass is 35.5. The molecule has 2 aliphatic heterocycles. The number of piperidine rings is 1. The van der Waals surface area contributed by atoms with Crippen molar-refractivity contribution in [3.8, 4) is 0 Å². The van der Waals surface area contributed by atoms with E-state index in [-0.39, 0.29) is 23.3 Å². The van der Waals surface area contributed by atoms with Crippen LogP contribution in [0.1, 0.15) is 45.1 Å². The van der Waals surface area contributed by atoms with Gasteiger partial charge in [-0.3, -0.25) is 9.59 Å². The molecule has 2 aliphatic rings. The van der Waals surface area contributed by atoms with E-state index >= 15 is 0 Å². The Hall–Kier alpha value is -1.55. The molecule has 1 aromatic carbocycles. The molecule has 0 bridgehead atoms. The van der Waals surface area contributed by atoms with Crippen molar-refractivity contribution in [3.63, 3.8) is 0 Å². The third kappa shape index (κ3) is 2.72. The van der Waals surface area contributed by atoms with Crippen molar-refractivity contribution in [2.24, 2.45) is 0 Å². The molecule has 1 atom stereocenters. The molecule has 1 N–H and O–H groups in total. The van der Waals surface area contributed by atoms with Gasteiger partial charge >= 0.3 is 0 Å². The number of carbonyl (C=O) groups is 2. The molecule has 22 heavy (non-hydrogen) atoms. The van der Waals surface area contributed by atoms with Gasteiger partial charge in [0.1, 0.15) is 0 Å². The Labute approximate surface area is 135 Å². The van der Waals surface area contributed by atoms with Crippen LogP contribution in [0.15, 0.2) is 18.2 Å². The fourth-order valence-electron chi connectivity index (χ4n) is 3.54. The summed E-state index contributed by atoms with van der Waals surface area (Å²) in [4.78, 5) is 26.0. The van der Waals surface area contributed by atoms with Crippen LogP contribution in [-0.2, 0) is 15.0 Å². The highest BCUT2D eigenvalue weighted by molar-refractivity contribution is 6.32. The van der Waals surface area contributed by atoms with E-state index in [9.17, 15) is 9.59 Å². The second-order valence-electron chi connectivity index (χ2n) is 6.86. The molecule has 118 valence electrons. The molecule has 3 rings (SSSR count). The lowest BCUT2D eigenvalue weighted by Gasteiger charge is -2.26. The summed E-state index contributed by atoms with van der Waals surface area (Å²) < 4.78 is 0. The predicted molar refractivity (Wildman–Crippen MR) is 87.2 cm³/mol. The van der Waals surface area contributed by atoms with E-state index in [1.807, 2.05) is 23.1 Å². The average molecular weight is 321 g/mol. The van der Waals surface area contributed by atoms with E-state index in [2.05, 4.69) is 19.2 Å². The average Bonchev–Trinajstić information content (AvgIpc) is 2.72. The summed E-state index contributed by atoms with van der Waals surface area (Å²) in [6.07, 6.45) is 2.66. The molecule has 5 heteroatoms. The van der Waals surface area contributed by atoms with Crippen molar-refractivity contribution in [3.05, 3.63) is 28.8 Å². The molecule has 0 aromatic heterocycles. The fraction of sp³-hybridized carbons (Fsp3) is 0.529. The lowest BCUT2D eigenvalue weighted by atomic mass is 9.87. The number of carbonyl (C=O) groups excluding carboxylic acids is 2. The number of halogens is 1. The van der Waals surface area contributed by atoms with Crippen LogP contribution in [0.4, 0.5) is 5.69 Å². The molecular formula is C17H21ClN2O2. The number of rotatable bonds is 2. The number of nitrogens with zero attached hydrogens (tertiary/aromatic N) is 1. The van der Waals surface area contributed by atoms with E-state index < -0.39 is 0 Å². The van der Waals surface area contributed by atoms with Gasteiger partial charge in [0, 0.05) is 47.1 Å². The van der Waals surface area contributed by atoms with Gasteiger partial charge in [0.2, 0.25) is 11.8 Å². The highest BCUT2D eigenvalue weighted by Crippen LogP contribution is 2.44. The Bertz CT molecular complexity index is 627. The topological polar surface area (TPSA) is 49.4 Å². The number of fused-ring (bicyclic) bond motifs is 1. The number of amides is 2. The molecule has 0 spiro atoms. The van der Waals surface area contributed by atoms with Crippen molar-refractivity contribution >= 4 is 29.1 Å². The van der Waals surface area contributed by atoms with E-state index in [0.29, 0.717) is 24.4 Å². The quantitative estimate of drug-likeness (QED) is 0.910. The van der Waals surface area contributed by atoms with Crippen molar-refractivity contribution in [1.29, 1.82) is 0 Å². The molecule has 0 aliphatic carbocycles. The lowest BCUT2D eigenvalue weighted by molar-refractivity contribution is -0.124. The van der Waals surface area contributed by atoms with Crippen LogP contribution in [-0.4, -0.2) is 24.4 Å². The van der Waals surface area contributed by atoms with Crippen molar-refractivity contribution in [1.82, 2.24) is 5.32 Å². The van der Waals surface area contributed by atoms with E-state index in [1.165, 1.54) is 0 Å². The van der Waals surface area contributed by atoms with Crippen LogP contribution >= 0.6 is 11.6 Å². The van der Waals surface area contributed by atoms with Crippen LogP contribution in [0.5, 0.6) is 0 Å². The van der Waals surface area contributed by atoms with Gasteiger partial charge in [0.05, 0.1) is 0 Å². The number of nitrogens with one attached hydrogen (secondary N) is 1. The molecule has 4 nitrogen and oxygen atoms in total. The molecular weight excluding hydrogens is 300 g/mol. The van der Waals surface area contributed by atoms with Crippen molar-refractivity contribution in [2.45, 2.75) is 51.0 Å². The fourth-order valence-corrected chi connectivity index (χ4v) is 3.97. The Kier molecular flexibility index (Phi) is 3.89. The minimum atomic E-state index is -0.154. The van der Waals surface area contributed by atoms with Gasteiger partial charge in [-0.1, -0.05) is 31.5 Å². The third-order valence-corrected chi connectivity index (χ3v) is 4.87. The maximum atomic E-state index is 12.7. The summed E-state index contributed by atoms with van der Waals surface area (Å²) in [7, 11) is 0. The summed E-state index contributed by atoms with van der Waals surface area (Å²) >= 11 is 6.34. The molecule has 0 saturated carbocycles. The first-order valence-corrected chi connectivity index (χ1v) is 8.15. The van der Waals surface area contributed by atoms with Crippen LogP contribution in [0, 0.1) is 0 Å². The number of anilines is 1. The Morgan fingerprint density at radius 1 is 1.45 bits per heavy atom. The van der Waals surface area contributed by atoms with Crippen LogP contribution in [0.2, 0.25) is 5.02 Å². The maximum absolute atomic E-state index is 12.7. The molecule has 1 fully saturated rings. The van der Waals surface area contributed by atoms with E-state index in [4.69, 9.17) is 11.6 Å². The minimum absolute atomic E-state index is 0.0416. The zero-order chi connectivity index (χ0) is 15.9. The molecule has 0 radical (unpaired) electrons.